The molecule has 0 spiro atoms. The predicted molar refractivity (Wildman–Crippen MR) is 83.1 cm³/mol. The highest BCUT2D eigenvalue weighted by molar-refractivity contribution is 5.94. The van der Waals surface area contributed by atoms with Crippen LogP contribution in [0.15, 0.2) is 48.5 Å². The van der Waals surface area contributed by atoms with Crippen LogP contribution in [0.3, 0.4) is 0 Å². The van der Waals surface area contributed by atoms with E-state index in [0.29, 0.717) is 12.5 Å². The maximum absolute atomic E-state index is 12.1. The van der Waals surface area contributed by atoms with Crippen LogP contribution in [0.1, 0.15) is 39.9 Å². The first kappa shape index (κ1) is 14.3. The highest BCUT2D eigenvalue weighted by Gasteiger charge is 2.09. The van der Waals surface area contributed by atoms with Gasteiger partial charge in [0, 0.05) is 12.1 Å². The van der Waals surface area contributed by atoms with E-state index in [0.717, 1.165) is 11.1 Å². The lowest BCUT2D eigenvalue weighted by Crippen LogP contribution is -2.27. The monoisotopic (exact) mass is 267 g/mol. The largest absolute Gasteiger partial charge is 0.351 e. The zero-order valence-corrected chi connectivity index (χ0v) is 12.3. The van der Waals surface area contributed by atoms with E-state index in [1.54, 1.807) is 0 Å². The number of nitrogens with one attached hydrogen (secondary N) is 1. The van der Waals surface area contributed by atoms with Crippen molar-refractivity contribution in [3.05, 3.63) is 70.8 Å². The van der Waals surface area contributed by atoms with Crippen molar-refractivity contribution in [3.63, 3.8) is 0 Å². The summed E-state index contributed by atoms with van der Waals surface area (Å²) in [4.78, 5) is 12.1. The lowest BCUT2D eigenvalue weighted by molar-refractivity contribution is 0.0951. The second-order valence-corrected chi connectivity index (χ2v) is 5.32. The van der Waals surface area contributed by atoms with Crippen molar-refractivity contribution in [3.8, 4) is 0 Å². The molecular formula is C18H21NO. The fraction of sp³-hybridized carbons (Fsp3) is 0.278. The van der Waals surface area contributed by atoms with Crippen LogP contribution in [0, 0.1) is 13.8 Å². The highest BCUT2D eigenvalue weighted by Crippen LogP contribution is 2.14. The van der Waals surface area contributed by atoms with Crippen molar-refractivity contribution >= 4 is 5.91 Å². The van der Waals surface area contributed by atoms with E-state index >= 15 is 0 Å². The van der Waals surface area contributed by atoms with Crippen LogP contribution in [-0.4, -0.2) is 12.5 Å². The molecule has 0 saturated heterocycles. The number of aryl methyl sites for hydroxylation is 2. The number of rotatable bonds is 4. The van der Waals surface area contributed by atoms with Gasteiger partial charge < -0.3 is 5.32 Å². The second-order valence-electron chi connectivity index (χ2n) is 5.32. The Morgan fingerprint density at radius 2 is 1.75 bits per heavy atom. The van der Waals surface area contributed by atoms with Crippen molar-refractivity contribution in [2.45, 2.75) is 26.7 Å². The van der Waals surface area contributed by atoms with Crippen LogP contribution in [0.4, 0.5) is 0 Å². The van der Waals surface area contributed by atoms with E-state index in [1.165, 1.54) is 11.1 Å². The average molecular weight is 267 g/mol. The fourth-order valence-corrected chi connectivity index (χ4v) is 2.13. The van der Waals surface area contributed by atoms with Crippen LogP contribution >= 0.6 is 0 Å². The van der Waals surface area contributed by atoms with Gasteiger partial charge in [0.15, 0.2) is 0 Å². The van der Waals surface area contributed by atoms with Crippen LogP contribution in [0.2, 0.25) is 0 Å². The van der Waals surface area contributed by atoms with E-state index < -0.39 is 0 Å². The molecule has 0 aliphatic heterocycles. The molecule has 20 heavy (non-hydrogen) atoms. The van der Waals surface area contributed by atoms with E-state index in [2.05, 4.69) is 31.3 Å². The number of hydrogen-bond donors (Lipinski definition) is 1. The molecule has 0 heterocycles. The van der Waals surface area contributed by atoms with Gasteiger partial charge in [0.25, 0.3) is 5.91 Å². The first-order valence-electron chi connectivity index (χ1n) is 6.98. The molecule has 1 amide bonds. The molecule has 0 radical (unpaired) electrons. The van der Waals surface area contributed by atoms with E-state index in [-0.39, 0.29) is 5.91 Å². The van der Waals surface area contributed by atoms with Gasteiger partial charge in [-0.1, -0.05) is 43.3 Å². The summed E-state index contributed by atoms with van der Waals surface area (Å²) in [5.74, 6) is 0.308. The van der Waals surface area contributed by atoms with E-state index in [9.17, 15) is 4.79 Å². The van der Waals surface area contributed by atoms with Gasteiger partial charge in [0.2, 0.25) is 0 Å². The molecule has 0 aliphatic carbocycles. The Morgan fingerprint density at radius 1 is 1.05 bits per heavy atom. The maximum Gasteiger partial charge on any atom is 0.251 e. The van der Waals surface area contributed by atoms with Crippen molar-refractivity contribution in [2.24, 2.45) is 0 Å². The number of hydrogen-bond acceptors (Lipinski definition) is 1. The smallest absolute Gasteiger partial charge is 0.251 e. The van der Waals surface area contributed by atoms with Gasteiger partial charge in [-0.25, -0.2) is 0 Å². The molecule has 2 heteroatoms. The molecule has 0 saturated carbocycles. The molecule has 2 aromatic carbocycles. The number of amides is 1. The summed E-state index contributed by atoms with van der Waals surface area (Å²) in [5, 5.41) is 3.00. The summed E-state index contributed by atoms with van der Waals surface area (Å²) in [5.41, 5.74) is 4.33. The standard InChI is InChI=1S/C18H21NO/c1-13-9-10-17(11-14(13)2)18(20)19-12-15(3)16-7-5-4-6-8-16/h4-11,15H,12H2,1-3H3,(H,19,20)/t15-/m0/s1. The fourth-order valence-electron chi connectivity index (χ4n) is 2.13. The van der Waals surface area contributed by atoms with Crippen molar-refractivity contribution in [1.29, 1.82) is 0 Å². The summed E-state index contributed by atoms with van der Waals surface area (Å²) in [7, 11) is 0. The zero-order chi connectivity index (χ0) is 14.5. The van der Waals surface area contributed by atoms with E-state index in [1.807, 2.05) is 43.3 Å². The Hall–Kier alpha value is -2.09. The lowest BCUT2D eigenvalue weighted by atomic mass is 10.0. The molecule has 104 valence electrons. The Labute approximate surface area is 120 Å². The van der Waals surface area contributed by atoms with Crippen molar-refractivity contribution in [1.82, 2.24) is 5.32 Å². The number of carbonyl (C=O) groups is 1. The second kappa shape index (κ2) is 6.38. The minimum Gasteiger partial charge on any atom is -0.351 e. The lowest BCUT2D eigenvalue weighted by Gasteiger charge is -2.13. The molecule has 0 aliphatic rings. The Kier molecular flexibility index (Phi) is 4.57. The number of carbonyl (C=O) groups excluding carboxylic acids is 1. The summed E-state index contributed by atoms with van der Waals surface area (Å²) in [6.45, 7) is 6.85. The predicted octanol–water partition coefficient (Wildman–Crippen LogP) is 3.84. The van der Waals surface area contributed by atoms with Gasteiger partial charge in [0.05, 0.1) is 0 Å². The molecule has 0 bridgehead atoms. The Morgan fingerprint density at radius 3 is 2.40 bits per heavy atom. The van der Waals surface area contributed by atoms with Gasteiger partial charge in [0.1, 0.15) is 0 Å². The van der Waals surface area contributed by atoms with Gasteiger partial charge in [-0.2, -0.15) is 0 Å². The Balaban J connectivity index is 1.97. The molecule has 1 atom stereocenters. The van der Waals surface area contributed by atoms with Crippen LogP contribution in [0.25, 0.3) is 0 Å². The van der Waals surface area contributed by atoms with Crippen molar-refractivity contribution in [2.75, 3.05) is 6.54 Å². The van der Waals surface area contributed by atoms with Gasteiger partial charge in [-0.15, -0.1) is 0 Å². The quantitative estimate of drug-likeness (QED) is 0.896. The van der Waals surface area contributed by atoms with Crippen LogP contribution in [-0.2, 0) is 0 Å². The minimum atomic E-state index is -0.00381. The maximum atomic E-state index is 12.1. The molecule has 2 aromatic rings. The summed E-state index contributed by atoms with van der Waals surface area (Å²) in [6.07, 6.45) is 0. The van der Waals surface area contributed by atoms with Crippen molar-refractivity contribution < 1.29 is 4.79 Å². The SMILES string of the molecule is Cc1ccc(C(=O)NC[C@H](C)c2ccccc2)cc1C. The normalized spacial score (nSPS) is 11.9. The molecule has 0 unspecified atom stereocenters. The molecular weight excluding hydrogens is 246 g/mol. The van der Waals surface area contributed by atoms with E-state index in [4.69, 9.17) is 0 Å². The molecule has 1 N–H and O–H groups in total. The third kappa shape index (κ3) is 3.47. The minimum absolute atomic E-state index is 0.00381. The third-order valence-corrected chi connectivity index (χ3v) is 3.71. The summed E-state index contributed by atoms with van der Waals surface area (Å²) in [6, 6.07) is 16.0. The number of benzene rings is 2. The van der Waals surface area contributed by atoms with Crippen LogP contribution in [0.5, 0.6) is 0 Å². The Bertz CT molecular complexity index is 590. The first-order chi connectivity index (χ1) is 9.58. The molecule has 2 rings (SSSR count). The highest BCUT2D eigenvalue weighted by atomic mass is 16.1. The van der Waals surface area contributed by atoms with Gasteiger partial charge in [-0.05, 0) is 48.6 Å². The molecule has 0 aromatic heterocycles. The summed E-state index contributed by atoms with van der Waals surface area (Å²) >= 11 is 0. The first-order valence-corrected chi connectivity index (χ1v) is 6.98. The van der Waals surface area contributed by atoms with Gasteiger partial charge in [-0.3, -0.25) is 4.79 Å². The van der Waals surface area contributed by atoms with Crippen LogP contribution < -0.4 is 5.32 Å². The molecule has 0 fully saturated rings. The molecule has 2 nitrogen and oxygen atoms in total. The van der Waals surface area contributed by atoms with Gasteiger partial charge >= 0.3 is 0 Å². The average Bonchev–Trinajstić information content (AvgIpc) is 2.48. The summed E-state index contributed by atoms with van der Waals surface area (Å²) < 4.78 is 0. The third-order valence-electron chi connectivity index (χ3n) is 3.71. The zero-order valence-electron chi connectivity index (χ0n) is 12.3. The topological polar surface area (TPSA) is 29.1 Å².